The van der Waals surface area contributed by atoms with Crippen LogP contribution in [-0.2, 0) is 4.79 Å². The zero-order valence-electron chi connectivity index (χ0n) is 13.8. The Morgan fingerprint density at radius 2 is 1.84 bits per heavy atom. The molecule has 2 aromatic carbocycles. The van der Waals surface area contributed by atoms with Gasteiger partial charge in [-0.25, -0.2) is 0 Å². The number of hydrogen-bond acceptors (Lipinski definition) is 4. The molecule has 1 heterocycles. The first-order valence-electron chi connectivity index (χ1n) is 7.67. The highest BCUT2D eigenvalue weighted by molar-refractivity contribution is 6.32. The van der Waals surface area contributed by atoms with E-state index in [0.717, 1.165) is 22.3 Å². The molecule has 0 unspecified atom stereocenters. The number of nitrogens with one attached hydrogen (secondary N) is 1. The quantitative estimate of drug-likeness (QED) is 0.693. The Bertz CT molecular complexity index is 927. The third-order valence-electron chi connectivity index (χ3n) is 3.44. The number of halogens is 1. The molecule has 5 nitrogen and oxygen atoms in total. The van der Waals surface area contributed by atoms with Crippen molar-refractivity contribution in [3.63, 3.8) is 0 Å². The summed E-state index contributed by atoms with van der Waals surface area (Å²) in [5, 5.41) is 10.9. The Morgan fingerprint density at radius 3 is 2.56 bits per heavy atom. The summed E-state index contributed by atoms with van der Waals surface area (Å²) in [5.74, 6) is -0.0206. The van der Waals surface area contributed by atoms with Crippen LogP contribution in [0.2, 0.25) is 5.02 Å². The predicted octanol–water partition coefficient (Wildman–Crippen LogP) is 4.66. The van der Waals surface area contributed by atoms with E-state index in [-0.39, 0.29) is 11.9 Å². The van der Waals surface area contributed by atoms with Crippen molar-refractivity contribution in [3.8, 4) is 11.5 Å². The van der Waals surface area contributed by atoms with Gasteiger partial charge >= 0.3 is 6.01 Å². The maximum atomic E-state index is 12.0. The molecule has 25 heavy (non-hydrogen) atoms. The van der Waals surface area contributed by atoms with Gasteiger partial charge in [0.05, 0.1) is 0 Å². The molecule has 0 bridgehead atoms. The number of aryl methyl sites for hydroxylation is 2. The molecule has 1 amide bonds. The average molecular weight is 354 g/mol. The lowest BCUT2D eigenvalue weighted by Crippen LogP contribution is -2.07. The van der Waals surface area contributed by atoms with Gasteiger partial charge in [-0.05, 0) is 43.7 Å². The van der Waals surface area contributed by atoms with Crippen molar-refractivity contribution in [2.45, 2.75) is 13.8 Å². The fourth-order valence-corrected chi connectivity index (χ4v) is 2.61. The molecule has 3 aromatic rings. The van der Waals surface area contributed by atoms with Crippen molar-refractivity contribution >= 4 is 29.6 Å². The highest BCUT2D eigenvalue weighted by atomic mass is 35.5. The summed E-state index contributed by atoms with van der Waals surface area (Å²) in [5.41, 5.74) is 3.76. The number of rotatable bonds is 4. The molecule has 1 N–H and O–H groups in total. The van der Waals surface area contributed by atoms with E-state index in [9.17, 15) is 4.79 Å². The van der Waals surface area contributed by atoms with Crippen molar-refractivity contribution in [2.75, 3.05) is 5.32 Å². The lowest BCUT2D eigenvalue weighted by molar-refractivity contribution is -0.112. The van der Waals surface area contributed by atoms with Gasteiger partial charge in [0.1, 0.15) is 0 Å². The highest BCUT2D eigenvalue weighted by Gasteiger charge is 2.11. The Morgan fingerprint density at radius 1 is 1.12 bits per heavy atom. The number of hydrogen-bond donors (Lipinski definition) is 1. The van der Waals surface area contributed by atoms with E-state index in [4.69, 9.17) is 16.0 Å². The normalized spacial score (nSPS) is 11.0. The summed E-state index contributed by atoms with van der Waals surface area (Å²) in [6.45, 7) is 3.99. The fourth-order valence-electron chi connectivity index (χ4n) is 2.41. The van der Waals surface area contributed by atoms with Gasteiger partial charge in [-0.15, -0.1) is 5.10 Å². The Kier molecular flexibility index (Phi) is 4.95. The fraction of sp³-hybridized carbons (Fsp3) is 0.105. The van der Waals surface area contributed by atoms with Gasteiger partial charge in [0.25, 0.3) is 5.91 Å². The smallest absolute Gasteiger partial charge is 0.322 e. The minimum absolute atomic E-state index is 0.0444. The van der Waals surface area contributed by atoms with Gasteiger partial charge in [-0.2, -0.15) is 0 Å². The number of carbonyl (C=O) groups is 1. The summed E-state index contributed by atoms with van der Waals surface area (Å²) in [6.07, 6.45) is 2.99. The van der Waals surface area contributed by atoms with Crippen LogP contribution < -0.4 is 5.32 Å². The Hall–Kier alpha value is -2.92. The summed E-state index contributed by atoms with van der Waals surface area (Å²) in [6, 6.07) is 13.2. The molecule has 1 aromatic heterocycles. The van der Waals surface area contributed by atoms with Crippen LogP contribution in [0.15, 0.2) is 53.0 Å². The summed E-state index contributed by atoms with van der Waals surface area (Å²) in [7, 11) is 0. The molecule has 0 aliphatic rings. The molecule has 3 rings (SSSR count). The van der Waals surface area contributed by atoms with Crippen molar-refractivity contribution in [1.29, 1.82) is 0 Å². The number of amides is 1. The van der Waals surface area contributed by atoms with E-state index in [0.29, 0.717) is 10.9 Å². The van der Waals surface area contributed by atoms with Crippen LogP contribution >= 0.6 is 11.6 Å². The largest absolute Gasteiger partial charge is 0.403 e. The molecule has 0 fully saturated rings. The van der Waals surface area contributed by atoms with Gasteiger partial charge in [0.15, 0.2) is 0 Å². The van der Waals surface area contributed by atoms with E-state index in [1.807, 2.05) is 44.2 Å². The van der Waals surface area contributed by atoms with Crippen LogP contribution in [0.25, 0.3) is 17.5 Å². The molecular formula is C19H16ClN3O2. The second-order valence-corrected chi connectivity index (χ2v) is 6.04. The summed E-state index contributed by atoms with van der Waals surface area (Å²) < 4.78 is 5.51. The Balaban J connectivity index is 1.71. The molecule has 0 aliphatic heterocycles. The lowest BCUT2D eigenvalue weighted by atomic mass is 10.1. The minimum atomic E-state index is -0.379. The predicted molar refractivity (Wildman–Crippen MR) is 98.3 cm³/mol. The SMILES string of the molecule is Cc1cc(C)cc(-c2nnc(NC(=O)/C=C/c3ccccc3Cl)o2)c1. The second kappa shape index (κ2) is 7.32. The van der Waals surface area contributed by atoms with E-state index in [2.05, 4.69) is 21.6 Å². The first kappa shape index (κ1) is 16.9. The summed E-state index contributed by atoms with van der Waals surface area (Å²) in [4.78, 5) is 12.0. The molecule has 6 heteroatoms. The molecule has 0 saturated carbocycles. The first-order chi connectivity index (χ1) is 12.0. The number of aromatic nitrogens is 2. The topological polar surface area (TPSA) is 68.0 Å². The van der Waals surface area contributed by atoms with Crippen molar-refractivity contribution < 1.29 is 9.21 Å². The first-order valence-corrected chi connectivity index (χ1v) is 8.05. The van der Waals surface area contributed by atoms with Gasteiger partial charge in [-0.1, -0.05) is 52.1 Å². The van der Waals surface area contributed by atoms with E-state index in [1.165, 1.54) is 6.08 Å². The number of benzene rings is 2. The van der Waals surface area contributed by atoms with Crippen molar-refractivity contribution in [1.82, 2.24) is 10.2 Å². The zero-order chi connectivity index (χ0) is 17.8. The van der Waals surface area contributed by atoms with Crippen LogP contribution in [0.1, 0.15) is 16.7 Å². The van der Waals surface area contributed by atoms with E-state index >= 15 is 0 Å². The molecule has 0 saturated heterocycles. The van der Waals surface area contributed by atoms with E-state index in [1.54, 1.807) is 12.1 Å². The standard InChI is InChI=1S/C19H16ClN3O2/c1-12-9-13(2)11-15(10-12)18-22-23-19(25-18)21-17(24)8-7-14-5-3-4-6-16(14)20/h3-11H,1-2H3,(H,21,23,24)/b8-7+. The minimum Gasteiger partial charge on any atom is -0.403 e. The third-order valence-corrected chi connectivity index (χ3v) is 3.79. The van der Waals surface area contributed by atoms with Crippen LogP contribution in [0.3, 0.4) is 0 Å². The van der Waals surface area contributed by atoms with Crippen molar-refractivity contribution in [3.05, 3.63) is 70.3 Å². The average Bonchev–Trinajstić information content (AvgIpc) is 3.02. The summed E-state index contributed by atoms with van der Waals surface area (Å²) >= 11 is 6.04. The molecule has 0 spiro atoms. The van der Waals surface area contributed by atoms with Crippen LogP contribution in [0.4, 0.5) is 6.01 Å². The molecule has 0 aliphatic carbocycles. The maximum absolute atomic E-state index is 12.0. The van der Waals surface area contributed by atoms with Crippen LogP contribution in [0, 0.1) is 13.8 Å². The number of anilines is 1. The second-order valence-electron chi connectivity index (χ2n) is 5.63. The van der Waals surface area contributed by atoms with Gasteiger partial charge in [0.2, 0.25) is 5.89 Å². The monoisotopic (exact) mass is 353 g/mol. The van der Waals surface area contributed by atoms with E-state index < -0.39 is 0 Å². The van der Waals surface area contributed by atoms with Crippen molar-refractivity contribution in [2.24, 2.45) is 0 Å². The molecule has 0 radical (unpaired) electrons. The van der Waals surface area contributed by atoms with Crippen LogP contribution in [-0.4, -0.2) is 16.1 Å². The molecule has 0 atom stereocenters. The number of nitrogens with zero attached hydrogens (tertiary/aromatic N) is 2. The highest BCUT2D eigenvalue weighted by Crippen LogP contribution is 2.22. The van der Waals surface area contributed by atoms with Gasteiger partial charge < -0.3 is 4.42 Å². The number of carbonyl (C=O) groups excluding carboxylic acids is 1. The van der Waals surface area contributed by atoms with Gasteiger partial charge in [0, 0.05) is 16.7 Å². The lowest BCUT2D eigenvalue weighted by Gasteiger charge is -2.00. The molecular weight excluding hydrogens is 338 g/mol. The maximum Gasteiger partial charge on any atom is 0.322 e. The zero-order valence-corrected chi connectivity index (χ0v) is 14.5. The van der Waals surface area contributed by atoms with Crippen LogP contribution in [0.5, 0.6) is 0 Å². The molecule has 126 valence electrons. The van der Waals surface area contributed by atoms with Gasteiger partial charge in [-0.3, -0.25) is 10.1 Å². The third kappa shape index (κ3) is 4.33. The Labute approximate surface area is 150 Å².